The minimum Gasteiger partial charge on any atom is -0.497 e. The Morgan fingerprint density at radius 3 is 2.38 bits per heavy atom. The summed E-state index contributed by atoms with van der Waals surface area (Å²) in [5.41, 5.74) is 2.62. The molecule has 1 aliphatic rings. The van der Waals surface area contributed by atoms with Gasteiger partial charge in [-0.3, -0.25) is 9.10 Å². The van der Waals surface area contributed by atoms with Crippen LogP contribution in [0.2, 0.25) is 0 Å². The molecule has 2 aromatic carbocycles. The second kappa shape index (κ2) is 9.02. The zero-order valence-corrected chi connectivity index (χ0v) is 20.6. The maximum absolute atomic E-state index is 13.4. The molecule has 9 nitrogen and oxygen atoms in total. The van der Waals surface area contributed by atoms with Crippen LogP contribution in [-0.4, -0.2) is 50.4 Å². The van der Waals surface area contributed by atoms with Gasteiger partial charge >= 0.3 is 0 Å². The number of anilines is 1. The van der Waals surface area contributed by atoms with Crippen LogP contribution in [0, 0.1) is 0 Å². The number of hydrogen-bond donors (Lipinski definition) is 1. The van der Waals surface area contributed by atoms with Crippen LogP contribution in [0.25, 0.3) is 0 Å². The van der Waals surface area contributed by atoms with Crippen molar-refractivity contribution < 1.29 is 22.7 Å². The number of amides is 1. The Morgan fingerprint density at radius 1 is 1.15 bits per heavy atom. The summed E-state index contributed by atoms with van der Waals surface area (Å²) >= 11 is 0. The minimum absolute atomic E-state index is 0.201. The molecule has 4 rings (SSSR count). The Balaban J connectivity index is 1.70. The van der Waals surface area contributed by atoms with Crippen molar-refractivity contribution in [3.05, 3.63) is 71.3 Å². The number of imidazole rings is 1. The lowest BCUT2D eigenvalue weighted by atomic mass is 10.0. The first-order chi connectivity index (χ1) is 16.1. The summed E-state index contributed by atoms with van der Waals surface area (Å²) in [6.45, 7) is 1.86. The SMILES string of the molecule is COc1cc(OC)cc(C(NC(=O)c2ccc3c(c2)CC(C)N3S(C)(=O)=O)c2nccn2C)c1. The average molecular weight is 485 g/mol. The maximum Gasteiger partial charge on any atom is 0.252 e. The van der Waals surface area contributed by atoms with E-state index in [0.717, 1.165) is 11.1 Å². The summed E-state index contributed by atoms with van der Waals surface area (Å²) in [7, 11) is 1.59. The number of sulfonamides is 1. The Bertz CT molecular complexity index is 1310. The third-order valence-electron chi connectivity index (χ3n) is 5.95. The quantitative estimate of drug-likeness (QED) is 0.553. The van der Waals surface area contributed by atoms with Gasteiger partial charge in [0.2, 0.25) is 10.0 Å². The summed E-state index contributed by atoms with van der Waals surface area (Å²) in [4.78, 5) is 17.8. The van der Waals surface area contributed by atoms with E-state index in [0.29, 0.717) is 35.0 Å². The van der Waals surface area contributed by atoms with Crippen molar-refractivity contribution in [3.8, 4) is 11.5 Å². The van der Waals surface area contributed by atoms with Gasteiger partial charge in [-0.25, -0.2) is 13.4 Å². The van der Waals surface area contributed by atoms with Gasteiger partial charge in [0.25, 0.3) is 5.91 Å². The van der Waals surface area contributed by atoms with Crippen molar-refractivity contribution >= 4 is 21.6 Å². The third kappa shape index (κ3) is 4.45. The smallest absolute Gasteiger partial charge is 0.252 e. The molecule has 0 radical (unpaired) electrons. The molecule has 1 N–H and O–H groups in total. The Labute approximate surface area is 199 Å². The predicted octanol–water partition coefficient (Wildman–Crippen LogP) is 2.67. The van der Waals surface area contributed by atoms with Crippen molar-refractivity contribution in [2.45, 2.75) is 25.4 Å². The molecule has 10 heteroatoms. The Morgan fingerprint density at radius 2 is 1.82 bits per heavy atom. The summed E-state index contributed by atoms with van der Waals surface area (Å²) in [5.74, 6) is 1.52. The zero-order valence-electron chi connectivity index (χ0n) is 19.8. The highest BCUT2D eigenvalue weighted by Gasteiger charge is 2.33. The highest BCUT2D eigenvalue weighted by atomic mass is 32.2. The van der Waals surface area contributed by atoms with Crippen molar-refractivity contribution in [1.29, 1.82) is 0 Å². The first-order valence-electron chi connectivity index (χ1n) is 10.8. The van der Waals surface area contributed by atoms with Crippen LogP contribution in [0.3, 0.4) is 0 Å². The number of carbonyl (C=O) groups excluding carboxylic acids is 1. The van der Waals surface area contributed by atoms with Crippen LogP contribution in [0.15, 0.2) is 48.8 Å². The molecule has 2 heterocycles. The topological polar surface area (TPSA) is 103 Å². The lowest BCUT2D eigenvalue weighted by Gasteiger charge is -2.22. The highest BCUT2D eigenvalue weighted by molar-refractivity contribution is 7.92. The van der Waals surface area contributed by atoms with Crippen LogP contribution in [0.1, 0.15) is 40.3 Å². The summed E-state index contributed by atoms with van der Waals surface area (Å²) < 4.78 is 38.5. The van der Waals surface area contributed by atoms with Crippen molar-refractivity contribution in [2.75, 3.05) is 24.8 Å². The second-order valence-electron chi connectivity index (χ2n) is 8.40. The molecule has 0 spiro atoms. The maximum atomic E-state index is 13.4. The number of hydrogen-bond acceptors (Lipinski definition) is 6. The lowest BCUT2D eigenvalue weighted by Crippen LogP contribution is -2.34. The van der Waals surface area contributed by atoms with Gasteiger partial charge in [0, 0.05) is 37.1 Å². The number of methoxy groups -OCH3 is 2. The fraction of sp³-hybridized carbons (Fsp3) is 0.333. The van der Waals surface area contributed by atoms with Crippen LogP contribution in [0.5, 0.6) is 11.5 Å². The van der Waals surface area contributed by atoms with E-state index >= 15 is 0 Å². The molecule has 180 valence electrons. The fourth-order valence-electron chi connectivity index (χ4n) is 4.41. The number of nitrogens with one attached hydrogen (secondary N) is 1. The van der Waals surface area contributed by atoms with Gasteiger partial charge in [0.15, 0.2) is 0 Å². The normalized spacial score (nSPS) is 16.1. The van der Waals surface area contributed by atoms with Gasteiger partial charge in [-0.2, -0.15) is 0 Å². The van der Waals surface area contributed by atoms with Crippen molar-refractivity contribution in [1.82, 2.24) is 14.9 Å². The summed E-state index contributed by atoms with van der Waals surface area (Å²) in [5, 5.41) is 3.07. The van der Waals surface area contributed by atoms with Gasteiger partial charge in [-0.05, 0) is 54.8 Å². The number of carbonyl (C=O) groups is 1. The number of aromatic nitrogens is 2. The number of nitrogens with zero attached hydrogens (tertiary/aromatic N) is 3. The zero-order chi connectivity index (χ0) is 24.6. The molecule has 1 amide bonds. The van der Waals surface area contributed by atoms with Crippen LogP contribution < -0.4 is 19.1 Å². The Hall–Kier alpha value is -3.53. The van der Waals surface area contributed by atoms with Crippen LogP contribution in [-0.2, 0) is 23.5 Å². The first kappa shape index (κ1) is 23.6. The minimum atomic E-state index is -3.40. The summed E-state index contributed by atoms with van der Waals surface area (Å²) in [6, 6.07) is 9.74. The number of aryl methyl sites for hydroxylation is 1. The largest absolute Gasteiger partial charge is 0.497 e. The van der Waals surface area contributed by atoms with Crippen molar-refractivity contribution in [3.63, 3.8) is 0 Å². The molecular weight excluding hydrogens is 456 g/mol. The van der Waals surface area contributed by atoms with E-state index < -0.39 is 16.1 Å². The van der Waals surface area contributed by atoms with Gasteiger partial charge in [0.1, 0.15) is 23.4 Å². The van der Waals surface area contributed by atoms with E-state index in [-0.39, 0.29) is 11.9 Å². The summed E-state index contributed by atoms with van der Waals surface area (Å²) in [6.07, 6.45) is 5.21. The first-order valence-corrected chi connectivity index (χ1v) is 12.6. The molecular formula is C24H28N4O5S. The molecule has 2 atom stereocenters. The van der Waals surface area contributed by atoms with Gasteiger partial charge in [-0.15, -0.1) is 0 Å². The van der Waals surface area contributed by atoms with E-state index in [1.165, 1.54) is 10.6 Å². The number of ether oxygens (including phenoxy) is 2. The number of benzene rings is 2. The van der Waals surface area contributed by atoms with Crippen LogP contribution >= 0.6 is 0 Å². The van der Waals surface area contributed by atoms with Gasteiger partial charge in [0.05, 0.1) is 26.2 Å². The molecule has 1 aromatic heterocycles. The number of rotatable bonds is 7. The second-order valence-corrected chi connectivity index (χ2v) is 10.3. The molecule has 3 aromatic rings. The van der Waals surface area contributed by atoms with Crippen LogP contribution in [0.4, 0.5) is 5.69 Å². The van der Waals surface area contributed by atoms with E-state index in [2.05, 4.69) is 10.3 Å². The number of fused-ring (bicyclic) bond motifs is 1. The molecule has 0 aliphatic carbocycles. The van der Waals surface area contributed by atoms with Crippen molar-refractivity contribution in [2.24, 2.45) is 7.05 Å². The average Bonchev–Trinajstić information content (AvgIpc) is 3.37. The molecule has 1 aliphatic heterocycles. The molecule has 34 heavy (non-hydrogen) atoms. The standard InChI is InChI=1S/C24H28N4O5S/c1-15-10-17-11-16(6-7-21(17)28(15)34(5,30)31)24(29)26-22(23-25-8-9-27(23)2)18-12-19(32-3)14-20(13-18)33-4/h6-9,11-15,22H,10H2,1-5H3,(H,26,29). The van der Waals surface area contributed by atoms with Gasteiger partial charge < -0.3 is 19.4 Å². The molecule has 0 fully saturated rings. The monoisotopic (exact) mass is 484 g/mol. The molecule has 0 saturated carbocycles. The highest BCUT2D eigenvalue weighted by Crippen LogP contribution is 2.35. The molecule has 0 saturated heterocycles. The Kier molecular flexibility index (Phi) is 6.26. The van der Waals surface area contributed by atoms with E-state index in [9.17, 15) is 13.2 Å². The third-order valence-corrected chi connectivity index (χ3v) is 7.22. The predicted molar refractivity (Wildman–Crippen MR) is 129 cm³/mol. The van der Waals surface area contributed by atoms with E-state index in [1.54, 1.807) is 44.7 Å². The van der Waals surface area contributed by atoms with Gasteiger partial charge in [-0.1, -0.05) is 0 Å². The lowest BCUT2D eigenvalue weighted by molar-refractivity contribution is 0.0941. The fourth-order valence-corrected chi connectivity index (χ4v) is 5.68. The molecule has 0 bridgehead atoms. The molecule has 2 unspecified atom stereocenters. The van der Waals surface area contributed by atoms with E-state index in [1.807, 2.05) is 36.9 Å². The van der Waals surface area contributed by atoms with E-state index in [4.69, 9.17) is 9.47 Å².